The minimum absolute atomic E-state index is 0.0437. The van der Waals surface area contributed by atoms with Crippen molar-refractivity contribution in [1.29, 1.82) is 0 Å². The minimum atomic E-state index is -0.286. The lowest BCUT2D eigenvalue weighted by Gasteiger charge is -2.15. The van der Waals surface area contributed by atoms with E-state index >= 15 is 0 Å². The molecule has 1 heterocycles. The Hall–Kier alpha value is -1.11. The van der Waals surface area contributed by atoms with Gasteiger partial charge in [0.1, 0.15) is 5.82 Å². The Morgan fingerprint density at radius 3 is 2.75 bits per heavy atom. The second-order valence-corrected chi connectivity index (χ2v) is 5.95. The molecule has 20 heavy (non-hydrogen) atoms. The average Bonchev–Trinajstić information content (AvgIpc) is 2.84. The van der Waals surface area contributed by atoms with Crippen molar-refractivity contribution >= 4 is 17.9 Å². The number of nitrogens with two attached hydrogens (primary N) is 1. The van der Waals surface area contributed by atoms with Crippen molar-refractivity contribution in [2.45, 2.75) is 12.8 Å². The van der Waals surface area contributed by atoms with Gasteiger partial charge in [0, 0.05) is 19.0 Å². The van der Waals surface area contributed by atoms with Gasteiger partial charge in [-0.25, -0.2) is 8.70 Å². The molecule has 3 N–H and O–H groups in total. The standard InChI is InChI=1S/C14H20FN3OS/c1-2-17-9-20-18-7-12(13(8-18)14(16)19)10-3-5-11(15)6-4-10/h3-6,12-13,17H,2,7-9H2,1H3,(H2,16,19). The summed E-state index contributed by atoms with van der Waals surface area (Å²) in [7, 11) is 0. The fraction of sp³-hybridized carbons (Fsp3) is 0.500. The summed E-state index contributed by atoms with van der Waals surface area (Å²) in [6.07, 6.45) is 0. The lowest BCUT2D eigenvalue weighted by molar-refractivity contribution is -0.121. The Bertz CT molecular complexity index is 454. The molecule has 1 aromatic rings. The number of amides is 1. The molecule has 1 aliphatic heterocycles. The Morgan fingerprint density at radius 2 is 2.15 bits per heavy atom. The summed E-state index contributed by atoms with van der Waals surface area (Å²) in [6.45, 7) is 4.38. The van der Waals surface area contributed by atoms with Crippen molar-refractivity contribution in [2.75, 3.05) is 25.5 Å². The number of halogens is 1. The number of hydrogen-bond acceptors (Lipinski definition) is 4. The van der Waals surface area contributed by atoms with Gasteiger partial charge in [0.05, 0.1) is 11.8 Å². The second kappa shape index (κ2) is 7.06. The van der Waals surface area contributed by atoms with Gasteiger partial charge in [-0.1, -0.05) is 31.0 Å². The van der Waals surface area contributed by atoms with Crippen LogP contribution >= 0.6 is 11.9 Å². The van der Waals surface area contributed by atoms with Crippen LogP contribution in [0.1, 0.15) is 18.4 Å². The van der Waals surface area contributed by atoms with E-state index in [4.69, 9.17) is 5.73 Å². The topological polar surface area (TPSA) is 58.4 Å². The van der Waals surface area contributed by atoms with Crippen LogP contribution in [0.25, 0.3) is 0 Å². The molecule has 2 atom stereocenters. The molecular weight excluding hydrogens is 277 g/mol. The van der Waals surface area contributed by atoms with Gasteiger partial charge in [-0.05, 0) is 24.2 Å². The summed E-state index contributed by atoms with van der Waals surface area (Å²) in [5.41, 5.74) is 6.48. The molecule has 1 saturated heterocycles. The predicted octanol–water partition coefficient (Wildman–Crippen LogP) is 1.54. The third-order valence-electron chi connectivity index (χ3n) is 3.55. The minimum Gasteiger partial charge on any atom is -0.369 e. The van der Waals surface area contributed by atoms with Crippen LogP contribution in [0.15, 0.2) is 24.3 Å². The summed E-state index contributed by atoms with van der Waals surface area (Å²) in [5, 5.41) is 3.24. The van der Waals surface area contributed by atoms with Crippen LogP contribution in [0.3, 0.4) is 0 Å². The van der Waals surface area contributed by atoms with E-state index in [1.54, 1.807) is 24.1 Å². The SMILES string of the molecule is CCNCSN1CC(C(N)=O)C(c2ccc(F)cc2)C1. The highest BCUT2D eigenvalue weighted by Crippen LogP contribution is 2.35. The Labute approximate surface area is 123 Å². The molecule has 1 aliphatic rings. The molecule has 4 nitrogen and oxygen atoms in total. The Morgan fingerprint density at radius 1 is 1.45 bits per heavy atom. The maximum atomic E-state index is 13.0. The normalized spacial score (nSPS) is 23.1. The zero-order valence-electron chi connectivity index (χ0n) is 11.5. The Balaban J connectivity index is 2.05. The molecule has 110 valence electrons. The summed E-state index contributed by atoms with van der Waals surface area (Å²) in [5.74, 6) is 0.0985. The predicted molar refractivity (Wildman–Crippen MR) is 79.5 cm³/mol. The van der Waals surface area contributed by atoms with Gasteiger partial charge < -0.3 is 11.1 Å². The van der Waals surface area contributed by atoms with Crippen LogP contribution < -0.4 is 11.1 Å². The smallest absolute Gasteiger partial charge is 0.222 e. The monoisotopic (exact) mass is 297 g/mol. The fourth-order valence-corrected chi connectivity index (χ4v) is 3.46. The number of carbonyl (C=O) groups excluding carboxylic acids is 1. The van der Waals surface area contributed by atoms with Crippen molar-refractivity contribution in [3.63, 3.8) is 0 Å². The number of nitrogens with one attached hydrogen (secondary N) is 1. The van der Waals surface area contributed by atoms with Gasteiger partial charge in [-0.2, -0.15) is 0 Å². The van der Waals surface area contributed by atoms with Gasteiger partial charge in [-0.3, -0.25) is 4.79 Å². The van der Waals surface area contributed by atoms with Crippen molar-refractivity contribution in [3.05, 3.63) is 35.6 Å². The van der Waals surface area contributed by atoms with Gasteiger partial charge in [-0.15, -0.1) is 0 Å². The molecule has 1 amide bonds. The molecule has 0 aromatic heterocycles. The number of hydrogen-bond donors (Lipinski definition) is 2. The fourth-order valence-electron chi connectivity index (χ4n) is 2.45. The first-order chi connectivity index (χ1) is 9.61. The molecule has 0 aliphatic carbocycles. The van der Waals surface area contributed by atoms with Crippen LogP contribution in [0.4, 0.5) is 4.39 Å². The lowest BCUT2D eigenvalue weighted by Crippen LogP contribution is -2.28. The second-order valence-electron chi connectivity index (χ2n) is 4.89. The molecule has 6 heteroatoms. The molecule has 1 fully saturated rings. The van der Waals surface area contributed by atoms with Gasteiger partial charge in [0.2, 0.25) is 5.91 Å². The van der Waals surface area contributed by atoms with Gasteiger partial charge in [0.25, 0.3) is 0 Å². The molecule has 1 aromatic carbocycles. The first-order valence-electron chi connectivity index (χ1n) is 6.75. The maximum Gasteiger partial charge on any atom is 0.222 e. The van der Waals surface area contributed by atoms with E-state index in [1.165, 1.54) is 12.1 Å². The highest BCUT2D eigenvalue weighted by Gasteiger charge is 2.37. The van der Waals surface area contributed by atoms with Crippen LogP contribution in [0.2, 0.25) is 0 Å². The number of rotatable bonds is 6. The zero-order valence-corrected chi connectivity index (χ0v) is 12.3. The Kier molecular flexibility index (Phi) is 5.39. The number of benzene rings is 1. The number of primary amides is 1. The molecular formula is C14H20FN3OS. The molecule has 0 bridgehead atoms. The van der Waals surface area contributed by atoms with E-state index in [9.17, 15) is 9.18 Å². The third kappa shape index (κ3) is 3.71. The van der Waals surface area contributed by atoms with Crippen LogP contribution in [0.5, 0.6) is 0 Å². The van der Waals surface area contributed by atoms with E-state index in [1.807, 2.05) is 0 Å². The van der Waals surface area contributed by atoms with Crippen molar-refractivity contribution in [3.8, 4) is 0 Å². The number of carbonyl (C=O) groups is 1. The lowest BCUT2D eigenvalue weighted by atomic mass is 9.88. The van der Waals surface area contributed by atoms with Crippen molar-refractivity contribution in [1.82, 2.24) is 9.62 Å². The molecule has 0 spiro atoms. The number of nitrogens with zero attached hydrogens (tertiary/aromatic N) is 1. The summed E-state index contributed by atoms with van der Waals surface area (Å²) >= 11 is 1.67. The largest absolute Gasteiger partial charge is 0.369 e. The van der Waals surface area contributed by atoms with Crippen molar-refractivity contribution < 1.29 is 9.18 Å². The van der Waals surface area contributed by atoms with E-state index in [0.717, 1.165) is 24.5 Å². The maximum absolute atomic E-state index is 13.0. The van der Waals surface area contributed by atoms with E-state index in [-0.39, 0.29) is 23.6 Å². The highest BCUT2D eigenvalue weighted by molar-refractivity contribution is 7.96. The van der Waals surface area contributed by atoms with E-state index in [0.29, 0.717) is 6.54 Å². The summed E-state index contributed by atoms with van der Waals surface area (Å²) in [6, 6.07) is 6.35. The van der Waals surface area contributed by atoms with Crippen LogP contribution in [0, 0.1) is 11.7 Å². The first-order valence-corrected chi connectivity index (χ1v) is 7.69. The van der Waals surface area contributed by atoms with Crippen LogP contribution in [-0.4, -0.2) is 35.7 Å². The molecule has 2 rings (SSSR count). The van der Waals surface area contributed by atoms with Crippen LogP contribution in [-0.2, 0) is 4.79 Å². The average molecular weight is 297 g/mol. The summed E-state index contributed by atoms with van der Waals surface area (Å²) in [4.78, 5) is 11.6. The van der Waals surface area contributed by atoms with Gasteiger partial charge >= 0.3 is 0 Å². The quantitative estimate of drug-likeness (QED) is 0.475. The zero-order chi connectivity index (χ0) is 14.5. The summed E-state index contributed by atoms with van der Waals surface area (Å²) < 4.78 is 15.2. The first kappa shape index (κ1) is 15.3. The van der Waals surface area contributed by atoms with Gasteiger partial charge in [0.15, 0.2) is 0 Å². The molecule has 0 radical (unpaired) electrons. The van der Waals surface area contributed by atoms with Crippen molar-refractivity contribution in [2.24, 2.45) is 11.7 Å². The highest BCUT2D eigenvalue weighted by atomic mass is 32.2. The molecule has 0 saturated carbocycles. The van der Waals surface area contributed by atoms with E-state index < -0.39 is 0 Å². The molecule has 2 unspecified atom stereocenters. The van der Waals surface area contributed by atoms with E-state index in [2.05, 4.69) is 16.5 Å². The third-order valence-corrected chi connectivity index (χ3v) is 4.55.